The molecule has 6 rings (SSSR count). The minimum atomic E-state index is -0.214. The number of anilines is 1. The number of benzene rings is 3. The van der Waals surface area contributed by atoms with Gasteiger partial charge in [-0.15, -0.1) is 11.3 Å². The summed E-state index contributed by atoms with van der Waals surface area (Å²) in [4.78, 5) is 34.3. The number of thiazole rings is 1. The molecule has 6 nitrogen and oxygen atoms in total. The fourth-order valence-corrected chi connectivity index (χ4v) is 5.61. The van der Waals surface area contributed by atoms with E-state index in [0.717, 1.165) is 29.1 Å². The summed E-state index contributed by atoms with van der Waals surface area (Å²) in [6.45, 7) is 1.16. The Morgan fingerprint density at radius 1 is 1.00 bits per heavy atom. The average Bonchev–Trinajstić information content (AvgIpc) is 3.38. The highest BCUT2D eigenvalue weighted by atomic mass is 32.1. The van der Waals surface area contributed by atoms with Crippen molar-refractivity contribution in [3.05, 3.63) is 99.9 Å². The first-order valence-corrected chi connectivity index (χ1v) is 12.9. The highest BCUT2D eigenvalue weighted by Crippen LogP contribution is 2.36. The van der Waals surface area contributed by atoms with Crippen molar-refractivity contribution in [3.8, 4) is 17.0 Å². The molecule has 7 heteroatoms. The van der Waals surface area contributed by atoms with Crippen LogP contribution >= 0.6 is 11.3 Å². The molecular weight excluding hydrogens is 470 g/mol. The molecule has 0 spiro atoms. The van der Waals surface area contributed by atoms with Crippen LogP contribution in [0, 0.1) is 0 Å². The van der Waals surface area contributed by atoms with Crippen LogP contribution in [0.3, 0.4) is 0 Å². The minimum absolute atomic E-state index is 0.00284. The van der Waals surface area contributed by atoms with Crippen LogP contribution in [0.4, 0.5) is 5.69 Å². The molecule has 0 bridgehead atoms. The van der Waals surface area contributed by atoms with Crippen LogP contribution in [0.25, 0.3) is 11.3 Å². The number of hydrogen-bond acceptors (Lipinski definition) is 5. The zero-order valence-electron chi connectivity index (χ0n) is 19.7. The van der Waals surface area contributed by atoms with E-state index in [0.29, 0.717) is 24.5 Å². The van der Waals surface area contributed by atoms with Crippen LogP contribution in [0.2, 0.25) is 0 Å². The Labute approximate surface area is 213 Å². The summed E-state index contributed by atoms with van der Waals surface area (Å²) in [6, 6.07) is 24.2. The molecule has 2 aliphatic rings. The third-order valence-corrected chi connectivity index (χ3v) is 7.57. The Balaban J connectivity index is 1.22. The van der Waals surface area contributed by atoms with Gasteiger partial charge in [0.05, 0.1) is 16.4 Å². The van der Waals surface area contributed by atoms with Gasteiger partial charge in [-0.3, -0.25) is 14.5 Å². The van der Waals surface area contributed by atoms with Gasteiger partial charge in [0, 0.05) is 30.5 Å². The molecule has 0 radical (unpaired) electrons. The van der Waals surface area contributed by atoms with E-state index in [1.807, 2.05) is 58.8 Å². The first-order valence-electron chi connectivity index (χ1n) is 12.0. The maximum absolute atomic E-state index is 13.2. The van der Waals surface area contributed by atoms with Gasteiger partial charge >= 0.3 is 0 Å². The Bertz CT molecular complexity index is 1430. The highest BCUT2D eigenvalue weighted by Gasteiger charge is 2.30. The molecule has 180 valence electrons. The third-order valence-electron chi connectivity index (χ3n) is 6.72. The van der Waals surface area contributed by atoms with E-state index < -0.39 is 0 Å². The second-order valence-electron chi connectivity index (χ2n) is 9.07. The van der Waals surface area contributed by atoms with E-state index >= 15 is 0 Å². The molecule has 0 N–H and O–H groups in total. The molecule has 4 aromatic rings. The fraction of sp³-hybridized carbons (Fsp3) is 0.207. The number of hydrogen-bond donors (Lipinski definition) is 0. The summed E-state index contributed by atoms with van der Waals surface area (Å²) in [5.74, 6) is 0.332. The van der Waals surface area contributed by atoms with Crippen molar-refractivity contribution in [2.45, 2.75) is 19.4 Å². The van der Waals surface area contributed by atoms with E-state index in [2.05, 4.69) is 24.3 Å². The molecule has 3 aromatic carbocycles. The van der Waals surface area contributed by atoms with Gasteiger partial charge in [0.25, 0.3) is 5.91 Å². The molecular formula is C29H25N3O3S. The Morgan fingerprint density at radius 3 is 2.67 bits per heavy atom. The standard InChI is InChI=1S/C29H25N3O3S/c33-28(31-13-12-21-8-4-5-9-23(21)16-31)17-32-25-15-22(10-11-26(25)35-18-29(32)34)24-19-36-27(30-24)14-20-6-2-1-3-7-20/h1-11,15,19H,12-14,16-18H2. The lowest BCUT2D eigenvalue weighted by molar-refractivity contribution is -0.132. The predicted molar refractivity (Wildman–Crippen MR) is 140 cm³/mol. The number of carbonyl (C=O) groups is 2. The fourth-order valence-electron chi connectivity index (χ4n) is 4.77. The van der Waals surface area contributed by atoms with Crippen molar-refractivity contribution in [2.24, 2.45) is 0 Å². The second-order valence-corrected chi connectivity index (χ2v) is 10.0. The number of fused-ring (bicyclic) bond motifs is 2. The van der Waals surface area contributed by atoms with Crippen LogP contribution in [0.15, 0.2) is 78.2 Å². The molecule has 2 aliphatic heterocycles. The van der Waals surface area contributed by atoms with Crippen molar-refractivity contribution >= 4 is 28.8 Å². The molecule has 2 amide bonds. The van der Waals surface area contributed by atoms with Gasteiger partial charge in [0.15, 0.2) is 6.61 Å². The minimum Gasteiger partial charge on any atom is -0.482 e. The van der Waals surface area contributed by atoms with E-state index in [1.54, 1.807) is 16.2 Å². The van der Waals surface area contributed by atoms with Gasteiger partial charge in [-0.1, -0.05) is 54.6 Å². The number of aromatic nitrogens is 1. The van der Waals surface area contributed by atoms with Crippen molar-refractivity contribution in [1.82, 2.24) is 9.88 Å². The van der Waals surface area contributed by atoms with Gasteiger partial charge in [0.1, 0.15) is 12.3 Å². The van der Waals surface area contributed by atoms with Crippen molar-refractivity contribution in [2.75, 3.05) is 24.6 Å². The summed E-state index contributed by atoms with van der Waals surface area (Å²) < 4.78 is 5.68. The largest absolute Gasteiger partial charge is 0.482 e. The monoisotopic (exact) mass is 495 g/mol. The van der Waals surface area contributed by atoms with Crippen LogP contribution in [0.5, 0.6) is 5.75 Å². The van der Waals surface area contributed by atoms with Crippen LogP contribution < -0.4 is 9.64 Å². The van der Waals surface area contributed by atoms with Crippen molar-refractivity contribution in [3.63, 3.8) is 0 Å². The molecule has 0 saturated heterocycles. The normalized spacial score (nSPS) is 14.7. The molecule has 0 saturated carbocycles. The molecule has 0 fully saturated rings. The zero-order valence-corrected chi connectivity index (χ0v) is 20.5. The molecule has 0 aliphatic carbocycles. The van der Waals surface area contributed by atoms with Crippen LogP contribution in [-0.2, 0) is 29.0 Å². The lowest BCUT2D eigenvalue weighted by Crippen LogP contribution is -2.47. The highest BCUT2D eigenvalue weighted by molar-refractivity contribution is 7.10. The van der Waals surface area contributed by atoms with Crippen molar-refractivity contribution in [1.29, 1.82) is 0 Å². The van der Waals surface area contributed by atoms with E-state index in [-0.39, 0.29) is 25.0 Å². The third kappa shape index (κ3) is 4.50. The second kappa shape index (κ2) is 9.59. The number of amides is 2. The van der Waals surface area contributed by atoms with Gasteiger partial charge in [-0.05, 0) is 41.3 Å². The van der Waals surface area contributed by atoms with E-state index in [9.17, 15) is 9.59 Å². The summed E-state index contributed by atoms with van der Waals surface area (Å²) in [7, 11) is 0. The molecule has 0 atom stereocenters. The molecule has 1 aromatic heterocycles. The number of nitrogens with zero attached hydrogens (tertiary/aromatic N) is 3. The summed E-state index contributed by atoms with van der Waals surface area (Å²) in [6.07, 6.45) is 1.60. The smallest absolute Gasteiger partial charge is 0.265 e. The zero-order chi connectivity index (χ0) is 24.5. The summed E-state index contributed by atoms with van der Waals surface area (Å²) in [5.41, 5.74) is 6.04. The quantitative estimate of drug-likeness (QED) is 0.402. The Kier molecular flexibility index (Phi) is 5.99. The first-order chi connectivity index (χ1) is 17.6. The summed E-state index contributed by atoms with van der Waals surface area (Å²) in [5, 5.41) is 3.06. The Hall–Kier alpha value is -3.97. The van der Waals surface area contributed by atoms with Gasteiger partial charge in [-0.25, -0.2) is 4.98 Å². The summed E-state index contributed by atoms with van der Waals surface area (Å²) >= 11 is 1.62. The number of carbonyl (C=O) groups excluding carboxylic acids is 2. The van der Waals surface area contributed by atoms with Crippen molar-refractivity contribution < 1.29 is 14.3 Å². The lowest BCUT2D eigenvalue weighted by atomic mass is 10.00. The van der Waals surface area contributed by atoms with E-state index in [4.69, 9.17) is 9.72 Å². The van der Waals surface area contributed by atoms with Crippen LogP contribution in [0.1, 0.15) is 21.7 Å². The molecule has 0 unspecified atom stereocenters. The van der Waals surface area contributed by atoms with Gasteiger partial charge in [0.2, 0.25) is 5.91 Å². The first kappa shape index (κ1) is 22.5. The van der Waals surface area contributed by atoms with E-state index in [1.165, 1.54) is 16.7 Å². The Morgan fingerprint density at radius 2 is 1.81 bits per heavy atom. The predicted octanol–water partition coefficient (Wildman–Crippen LogP) is 4.71. The molecule has 36 heavy (non-hydrogen) atoms. The number of ether oxygens (including phenoxy) is 1. The topological polar surface area (TPSA) is 62.7 Å². The maximum Gasteiger partial charge on any atom is 0.265 e. The van der Waals surface area contributed by atoms with Crippen LogP contribution in [-0.4, -0.2) is 41.4 Å². The maximum atomic E-state index is 13.2. The number of rotatable bonds is 5. The van der Waals surface area contributed by atoms with Gasteiger partial charge < -0.3 is 9.64 Å². The average molecular weight is 496 g/mol. The molecule has 3 heterocycles. The van der Waals surface area contributed by atoms with Gasteiger partial charge in [-0.2, -0.15) is 0 Å². The lowest BCUT2D eigenvalue weighted by Gasteiger charge is -2.33. The SMILES string of the molecule is O=C(CN1C(=O)COc2ccc(-c3csc(Cc4ccccc4)n3)cc21)N1CCc2ccccc2C1.